The molecular formula is C19H15ClN4O3. The van der Waals surface area contributed by atoms with Gasteiger partial charge in [0.2, 0.25) is 11.6 Å². The molecule has 2 aromatic heterocycles. The number of benzene rings is 1. The second-order valence-electron chi connectivity index (χ2n) is 6.02. The summed E-state index contributed by atoms with van der Waals surface area (Å²) in [6.45, 7) is 2.03. The standard InChI is InChI=1S/C19H15ClN4O3/c20-14-5-2-1-4-13(14)18(25)23-7-9-24(10-8-23)19-15(12-21)22-17(27-19)16-6-3-11-26-16/h1-6,11H,7-10H2. The summed E-state index contributed by atoms with van der Waals surface area (Å²) in [5, 5.41) is 9.81. The van der Waals surface area contributed by atoms with Crippen LogP contribution in [0.4, 0.5) is 5.88 Å². The van der Waals surface area contributed by atoms with Gasteiger partial charge >= 0.3 is 0 Å². The Balaban J connectivity index is 1.49. The van der Waals surface area contributed by atoms with Crippen LogP contribution in [0.3, 0.4) is 0 Å². The molecule has 0 spiro atoms. The highest BCUT2D eigenvalue weighted by Crippen LogP contribution is 2.29. The Morgan fingerprint density at radius 2 is 1.93 bits per heavy atom. The van der Waals surface area contributed by atoms with Gasteiger partial charge < -0.3 is 18.6 Å². The van der Waals surface area contributed by atoms with Crippen LogP contribution in [0, 0.1) is 11.3 Å². The molecule has 4 rings (SSSR count). The number of aromatic nitrogens is 1. The van der Waals surface area contributed by atoms with Crippen LogP contribution in [0.5, 0.6) is 0 Å². The van der Waals surface area contributed by atoms with Gasteiger partial charge in [0.15, 0.2) is 5.76 Å². The number of nitriles is 1. The van der Waals surface area contributed by atoms with Crippen LogP contribution in [0.2, 0.25) is 5.02 Å². The minimum atomic E-state index is -0.102. The molecular weight excluding hydrogens is 368 g/mol. The van der Waals surface area contributed by atoms with Gasteiger partial charge in [-0.05, 0) is 24.3 Å². The molecule has 136 valence electrons. The molecule has 1 aromatic carbocycles. The SMILES string of the molecule is N#Cc1nc(-c2ccco2)oc1N1CCN(C(=O)c2ccccc2Cl)CC1. The minimum absolute atomic E-state index is 0.102. The molecule has 8 heteroatoms. The Morgan fingerprint density at radius 1 is 1.15 bits per heavy atom. The molecule has 0 bridgehead atoms. The van der Waals surface area contributed by atoms with Crippen molar-refractivity contribution >= 4 is 23.4 Å². The second-order valence-corrected chi connectivity index (χ2v) is 6.43. The Morgan fingerprint density at radius 3 is 2.59 bits per heavy atom. The first-order chi connectivity index (χ1) is 13.2. The van der Waals surface area contributed by atoms with Crippen LogP contribution < -0.4 is 4.90 Å². The third kappa shape index (κ3) is 3.27. The maximum atomic E-state index is 12.7. The highest BCUT2D eigenvalue weighted by molar-refractivity contribution is 6.33. The van der Waals surface area contributed by atoms with Crippen molar-refractivity contribution in [3.8, 4) is 17.7 Å². The Hall–Kier alpha value is -3.24. The number of hydrogen-bond acceptors (Lipinski definition) is 6. The fourth-order valence-corrected chi connectivity index (χ4v) is 3.24. The zero-order valence-corrected chi connectivity index (χ0v) is 15.0. The first-order valence-electron chi connectivity index (χ1n) is 8.41. The number of oxazole rings is 1. The Kier molecular flexibility index (Phi) is 4.57. The number of carbonyl (C=O) groups excluding carboxylic acids is 1. The van der Waals surface area contributed by atoms with Crippen LogP contribution in [0.1, 0.15) is 16.1 Å². The molecule has 7 nitrogen and oxygen atoms in total. The maximum Gasteiger partial charge on any atom is 0.266 e. The van der Waals surface area contributed by atoms with Crippen molar-refractivity contribution in [2.24, 2.45) is 0 Å². The molecule has 0 unspecified atom stereocenters. The van der Waals surface area contributed by atoms with E-state index in [-0.39, 0.29) is 17.5 Å². The number of anilines is 1. The van der Waals surface area contributed by atoms with Crippen LogP contribution in [0.15, 0.2) is 51.5 Å². The van der Waals surface area contributed by atoms with Crippen LogP contribution in [-0.4, -0.2) is 42.0 Å². The Bertz CT molecular complexity index is 998. The van der Waals surface area contributed by atoms with Gasteiger partial charge in [-0.25, -0.2) is 0 Å². The van der Waals surface area contributed by atoms with Gasteiger partial charge in [-0.2, -0.15) is 10.2 Å². The molecule has 1 aliphatic heterocycles. The normalized spacial score (nSPS) is 14.2. The van der Waals surface area contributed by atoms with Gasteiger partial charge in [0.05, 0.1) is 16.8 Å². The van der Waals surface area contributed by atoms with E-state index in [4.69, 9.17) is 20.4 Å². The minimum Gasteiger partial charge on any atom is -0.459 e. The van der Waals surface area contributed by atoms with E-state index in [1.54, 1.807) is 41.3 Å². The van der Waals surface area contributed by atoms with E-state index >= 15 is 0 Å². The highest BCUT2D eigenvalue weighted by Gasteiger charge is 2.28. The molecule has 1 aliphatic rings. The van der Waals surface area contributed by atoms with Gasteiger partial charge in [0.1, 0.15) is 6.07 Å². The lowest BCUT2D eigenvalue weighted by Gasteiger charge is -2.34. The van der Waals surface area contributed by atoms with Crippen molar-refractivity contribution in [3.05, 3.63) is 58.9 Å². The predicted octanol–water partition coefficient (Wildman–Crippen LogP) is 3.42. The third-order valence-corrected chi connectivity index (χ3v) is 4.74. The predicted molar refractivity (Wildman–Crippen MR) is 98.5 cm³/mol. The summed E-state index contributed by atoms with van der Waals surface area (Å²) in [5.41, 5.74) is 0.692. The fraction of sp³-hybridized carbons (Fsp3) is 0.211. The Labute approximate surface area is 160 Å². The zero-order chi connectivity index (χ0) is 18.8. The third-order valence-electron chi connectivity index (χ3n) is 4.41. The molecule has 1 fully saturated rings. The maximum absolute atomic E-state index is 12.7. The molecule has 1 saturated heterocycles. The van der Waals surface area contributed by atoms with Gasteiger partial charge in [0, 0.05) is 26.2 Å². The van der Waals surface area contributed by atoms with E-state index in [2.05, 4.69) is 11.1 Å². The number of furan rings is 1. The van der Waals surface area contributed by atoms with E-state index in [0.29, 0.717) is 48.4 Å². The van der Waals surface area contributed by atoms with Crippen LogP contribution >= 0.6 is 11.6 Å². The lowest BCUT2D eigenvalue weighted by atomic mass is 10.2. The molecule has 0 atom stereocenters. The fourth-order valence-electron chi connectivity index (χ4n) is 3.02. The van der Waals surface area contributed by atoms with Gasteiger partial charge in [0.25, 0.3) is 11.8 Å². The van der Waals surface area contributed by atoms with Crippen molar-refractivity contribution < 1.29 is 13.6 Å². The quantitative estimate of drug-likeness (QED) is 0.689. The van der Waals surface area contributed by atoms with E-state index in [0.717, 1.165) is 0 Å². The summed E-state index contributed by atoms with van der Waals surface area (Å²) in [5.74, 6) is 1.02. The zero-order valence-electron chi connectivity index (χ0n) is 14.3. The number of rotatable bonds is 3. The van der Waals surface area contributed by atoms with E-state index in [9.17, 15) is 10.1 Å². The van der Waals surface area contributed by atoms with Crippen molar-refractivity contribution in [3.63, 3.8) is 0 Å². The van der Waals surface area contributed by atoms with Crippen molar-refractivity contribution in [1.82, 2.24) is 9.88 Å². The number of nitrogens with zero attached hydrogens (tertiary/aromatic N) is 4. The van der Waals surface area contributed by atoms with E-state index < -0.39 is 0 Å². The first kappa shape index (κ1) is 17.2. The topological polar surface area (TPSA) is 86.5 Å². The molecule has 3 heterocycles. The lowest BCUT2D eigenvalue weighted by Crippen LogP contribution is -2.49. The van der Waals surface area contributed by atoms with Crippen LogP contribution in [-0.2, 0) is 0 Å². The molecule has 3 aromatic rings. The molecule has 27 heavy (non-hydrogen) atoms. The summed E-state index contributed by atoms with van der Waals surface area (Å²) in [7, 11) is 0. The summed E-state index contributed by atoms with van der Waals surface area (Å²) in [6, 6.07) is 12.5. The summed E-state index contributed by atoms with van der Waals surface area (Å²) >= 11 is 6.13. The molecule has 0 N–H and O–H groups in total. The van der Waals surface area contributed by atoms with Gasteiger partial charge in [-0.15, -0.1) is 0 Å². The van der Waals surface area contributed by atoms with Gasteiger partial charge in [-0.3, -0.25) is 4.79 Å². The number of carbonyl (C=O) groups is 1. The number of amides is 1. The average Bonchev–Trinajstić information content (AvgIpc) is 3.37. The largest absolute Gasteiger partial charge is 0.459 e. The summed E-state index contributed by atoms with van der Waals surface area (Å²) in [6.07, 6.45) is 1.52. The monoisotopic (exact) mass is 382 g/mol. The molecule has 0 aliphatic carbocycles. The van der Waals surface area contributed by atoms with Crippen molar-refractivity contribution in [2.45, 2.75) is 0 Å². The molecule has 0 saturated carbocycles. The second kappa shape index (κ2) is 7.17. The van der Waals surface area contributed by atoms with Crippen molar-refractivity contribution in [2.75, 3.05) is 31.1 Å². The number of piperazine rings is 1. The first-order valence-corrected chi connectivity index (χ1v) is 8.78. The smallest absolute Gasteiger partial charge is 0.266 e. The van der Waals surface area contributed by atoms with Crippen molar-refractivity contribution in [1.29, 1.82) is 5.26 Å². The van der Waals surface area contributed by atoms with E-state index in [1.807, 2.05) is 4.90 Å². The summed E-state index contributed by atoms with van der Waals surface area (Å²) < 4.78 is 11.0. The molecule has 1 amide bonds. The van der Waals surface area contributed by atoms with Crippen LogP contribution in [0.25, 0.3) is 11.7 Å². The summed E-state index contributed by atoms with van der Waals surface area (Å²) in [4.78, 5) is 20.5. The average molecular weight is 383 g/mol. The molecule has 0 radical (unpaired) electrons. The highest BCUT2D eigenvalue weighted by atomic mass is 35.5. The lowest BCUT2D eigenvalue weighted by molar-refractivity contribution is 0.0745. The number of hydrogen-bond donors (Lipinski definition) is 0. The van der Waals surface area contributed by atoms with E-state index in [1.165, 1.54) is 6.26 Å². The van der Waals surface area contributed by atoms with Gasteiger partial charge in [-0.1, -0.05) is 23.7 Å². The number of halogens is 1.